The van der Waals surface area contributed by atoms with Crippen LogP contribution in [0.5, 0.6) is 0 Å². The first-order valence-electron chi connectivity index (χ1n) is 15.1. The van der Waals surface area contributed by atoms with Crippen molar-refractivity contribution in [2.75, 3.05) is 13.1 Å². The number of hydrogen-bond acceptors (Lipinski definition) is 6. The minimum absolute atomic E-state index is 0.0547. The number of aromatic nitrogens is 1. The fourth-order valence-corrected chi connectivity index (χ4v) is 4.57. The lowest BCUT2D eigenvalue weighted by atomic mass is 9.97. The highest BCUT2D eigenvalue weighted by Gasteiger charge is 2.31. The van der Waals surface area contributed by atoms with Crippen molar-refractivity contribution in [1.29, 1.82) is 0 Å². The molecule has 11 nitrogen and oxygen atoms in total. The Morgan fingerprint density at radius 1 is 0.829 bits per heavy atom. The largest absolute Gasteiger partial charge is 0.619 e. The Morgan fingerprint density at radius 2 is 1.44 bits per heavy atom. The molecule has 1 aromatic heterocycles. The lowest BCUT2D eigenvalue weighted by Gasteiger charge is -2.29. The van der Waals surface area contributed by atoms with Crippen LogP contribution >= 0.6 is 0 Å². The van der Waals surface area contributed by atoms with E-state index < -0.39 is 23.9 Å². The number of carbonyl (C=O) groups excluding carboxylic acids is 4. The molecule has 0 fully saturated rings. The van der Waals surface area contributed by atoms with Crippen molar-refractivity contribution < 1.29 is 23.9 Å². The van der Waals surface area contributed by atoms with Crippen molar-refractivity contribution in [3.05, 3.63) is 35.3 Å². The van der Waals surface area contributed by atoms with E-state index in [4.69, 9.17) is 0 Å². The minimum atomic E-state index is -0.862. The fourth-order valence-electron chi connectivity index (χ4n) is 4.57. The van der Waals surface area contributed by atoms with Gasteiger partial charge >= 0.3 is 0 Å². The summed E-state index contributed by atoms with van der Waals surface area (Å²) in [6.07, 6.45) is 6.40. The first-order chi connectivity index (χ1) is 19.5. The van der Waals surface area contributed by atoms with Gasteiger partial charge in [-0.1, -0.05) is 60.8 Å². The minimum Gasteiger partial charge on any atom is -0.619 e. The molecule has 0 aromatic carbocycles. The Kier molecular flexibility index (Phi) is 16.6. The molecule has 0 aliphatic rings. The summed E-state index contributed by atoms with van der Waals surface area (Å²) in [5.41, 5.74) is 0.263. The van der Waals surface area contributed by atoms with Crippen molar-refractivity contribution in [2.24, 2.45) is 11.8 Å². The van der Waals surface area contributed by atoms with Crippen LogP contribution in [0.15, 0.2) is 24.5 Å². The number of nitrogens with one attached hydrogen (secondary N) is 5. The van der Waals surface area contributed by atoms with Crippen LogP contribution in [0.2, 0.25) is 0 Å². The van der Waals surface area contributed by atoms with Gasteiger partial charge in [0.15, 0.2) is 12.4 Å². The van der Waals surface area contributed by atoms with E-state index in [1.54, 1.807) is 0 Å². The molecule has 0 saturated heterocycles. The quantitative estimate of drug-likeness (QED) is 0.126. The summed E-state index contributed by atoms with van der Waals surface area (Å²) in [6, 6.07) is 0.554. The van der Waals surface area contributed by atoms with E-state index in [9.17, 15) is 24.4 Å². The second kappa shape index (κ2) is 19.0. The predicted molar refractivity (Wildman–Crippen MR) is 160 cm³/mol. The predicted octanol–water partition coefficient (Wildman–Crippen LogP) is 2.17. The molecule has 0 saturated carbocycles. The Balaban J connectivity index is 3.00. The maximum absolute atomic E-state index is 13.5. The number of hydrogen-bond donors (Lipinski definition) is 5. The Hall–Kier alpha value is -3.21. The van der Waals surface area contributed by atoms with Crippen LogP contribution in [0.3, 0.4) is 0 Å². The molecule has 5 N–H and O–H groups in total. The highest BCUT2D eigenvalue weighted by atomic mass is 16.5. The van der Waals surface area contributed by atoms with E-state index in [2.05, 4.69) is 40.4 Å². The molecule has 232 valence electrons. The molecule has 0 radical (unpaired) electrons. The second-order valence-corrected chi connectivity index (χ2v) is 11.1. The average molecular weight is 577 g/mol. The first kappa shape index (κ1) is 35.8. The molecule has 0 spiro atoms. The van der Waals surface area contributed by atoms with Gasteiger partial charge in [0.05, 0.1) is 11.6 Å². The highest BCUT2D eigenvalue weighted by molar-refractivity contribution is 5.98. The second-order valence-electron chi connectivity index (χ2n) is 11.1. The third-order valence-electron chi connectivity index (χ3n) is 7.01. The maximum Gasteiger partial charge on any atom is 0.252 e. The zero-order valence-corrected chi connectivity index (χ0v) is 25.9. The topological polar surface area (TPSA) is 155 Å². The van der Waals surface area contributed by atoms with Crippen molar-refractivity contribution >= 4 is 23.6 Å². The van der Waals surface area contributed by atoms with Gasteiger partial charge < -0.3 is 31.8 Å². The SMILES string of the molecule is CCC[C@H](NC[C@H](CC(C)C)NC(=O)[C@H](CCC)NC(=O)[C@@H](NC(=O)c1cc[n+]([O-])cc1)[C@H](C)CC)C(=O)NCC. The monoisotopic (exact) mass is 576 g/mol. The lowest BCUT2D eigenvalue weighted by molar-refractivity contribution is -0.605. The molecule has 1 aromatic rings. The van der Waals surface area contributed by atoms with Crippen molar-refractivity contribution in [1.82, 2.24) is 26.6 Å². The summed E-state index contributed by atoms with van der Waals surface area (Å²) in [4.78, 5) is 52.2. The molecule has 1 heterocycles. The average Bonchev–Trinajstić information content (AvgIpc) is 2.93. The van der Waals surface area contributed by atoms with Gasteiger partial charge in [-0.15, -0.1) is 0 Å². The zero-order valence-electron chi connectivity index (χ0n) is 25.9. The van der Waals surface area contributed by atoms with Crippen molar-refractivity contribution in [3.8, 4) is 0 Å². The standard InChI is InChI=1S/C30H52N6O5/c1-8-12-24(28(38)31-11-4)32-19-23(18-20(5)6)33-29(39)25(13-9-2)34-30(40)26(21(7)10-3)35-27(37)22-14-16-36(41)17-15-22/h14-17,20-21,23-26,32H,8-13,18-19H2,1-7H3,(H,31,38)(H,33,39)(H,34,40)(H,35,37)/t21-,23+,24+,25+,26+/m1/s1. The van der Waals surface area contributed by atoms with Crippen LogP contribution in [0.4, 0.5) is 0 Å². The normalized spacial score (nSPS) is 14.8. The Labute approximate surface area is 245 Å². The van der Waals surface area contributed by atoms with Crippen LogP contribution in [0, 0.1) is 17.0 Å². The van der Waals surface area contributed by atoms with E-state index in [1.807, 2.05) is 34.6 Å². The molecule has 0 aliphatic carbocycles. The van der Waals surface area contributed by atoms with Gasteiger partial charge in [0.2, 0.25) is 17.7 Å². The maximum atomic E-state index is 13.5. The summed E-state index contributed by atoms with van der Waals surface area (Å²) in [5, 5.41) is 26.3. The van der Waals surface area contributed by atoms with E-state index in [0.29, 0.717) is 55.8 Å². The summed E-state index contributed by atoms with van der Waals surface area (Å²) in [5.74, 6) is -1.15. The highest BCUT2D eigenvalue weighted by Crippen LogP contribution is 2.12. The van der Waals surface area contributed by atoms with Gasteiger partial charge in [-0.25, -0.2) is 0 Å². The van der Waals surface area contributed by atoms with Crippen molar-refractivity contribution in [3.63, 3.8) is 0 Å². The molecule has 1 rings (SSSR count). The molecule has 0 aliphatic heterocycles. The van der Waals surface area contributed by atoms with E-state index >= 15 is 0 Å². The van der Waals surface area contributed by atoms with Gasteiger partial charge in [0, 0.05) is 31.3 Å². The number of pyridine rings is 1. The fraction of sp³-hybridized carbons (Fsp3) is 0.700. The first-order valence-corrected chi connectivity index (χ1v) is 15.1. The van der Waals surface area contributed by atoms with Crippen LogP contribution in [-0.2, 0) is 14.4 Å². The number of nitrogens with zero attached hydrogens (tertiary/aromatic N) is 1. The Morgan fingerprint density at radius 3 is 1.98 bits per heavy atom. The smallest absolute Gasteiger partial charge is 0.252 e. The molecular formula is C30H52N6O5. The molecule has 5 atom stereocenters. The number of amides is 4. The molecule has 11 heteroatoms. The van der Waals surface area contributed by atoms with E-state index in [-0.39, 0.29) is 35.4 Å². The number of carbonyl (C=O) groups is 4. The van der Waals surface area contributed by atoms with Crippen LogP contribution in [0.1, 0.15) is 97.3 Å². The molecule has 41 heavy (non-hydrogen) atoms. The van der Waals surface area contributed by atoms with Crippen LogP contribution in [0.25, 0.3) is 0 Å². The third-order valence-corrected chi connectivity index (χ3v) is 7.01. The van der Waals surface area contributed by atoms with Gasteiger partial charge in [-0.05, 0) is 38.0 Å². The van der Waals surface area contributed by atoms with Gasteiger partial charge in [0.1, 0.15) is 12.1 Å². The van der Waals surface area contributed by atoms with Crippen molar-refractivity contribution in [2.45, 2.75) is 111 Å². The van der Waals surface area contributed by atoms with Crippen LogP contribution < -0.4 is 31.3 Å². The van der Waals surface area contributed by atoms with Gasteiger partial charge in [0.25, 0.3) is 5.91 Å². The lowest BCUT2D eigenvalue weighted by Crippen LogP contribution is -2.57. The summed E-state index contributed by atoms with van der Waals surface area (Å²) < 4.78 is 0.579. The third kappa shape index (κ3) is 12.9. The summed E-state index contributed by atoms with van der Waals surface area (Å²) >= 11 is 0. The number of likely N-dealkylation sites (N-methyl/N-ethyl adjacent to an activating group) is 1. The van der Waals surface area contributed by atoms with E-state index in [0.717, 1.165) is 6.42 Å². The summed E-state index contributed by atoms with van der Waals surface area (Å²) in [7, 11) is 0. The number of rotatable bonds is 19. The van der Waals surface area contributed by atoms with Gasteiger partial charge in [-0.3, -0.25) is 19.2 Å². The Bertz CT molecular complexity index is 955. The molecular weight excluding hydrogens is 524 g/mol. The summed E-state index contributed by atoms with van der Waals surface area (Å²) in [6.45, 7) is 14.7. The van der Waals surface area contributed by atoms with Gasteiger partial charge in [-0.2, -0.15) is 4.73 Å². The molecule has 4 amide bonds. The van der Waals surface area contributed by atoms with E-state index in [1.165, 1.54) is 24.5 Å². The zero-order chi connectivity index (χ0) is 30.9. The van der Waals surface area contributed by atoms with Crippen LogP contribution in [-0.4, -0.2) is 60.9 Å². The molecule has 0 bridgehead atoms. The molecule has 0 unspecified atom stereocenters.